The number of carboxylic acids is 1. The molecule has 3 aliphatic rings. The number of nitrogens with two attached hydrogens (primary N) is 1. The third-order valence-electron chi connectivity index (χ3n) is 12.1. The molecule has 3 saturated heterocycles. The Bertz CT molecular complexity index is 2090. The van der Waals surface area contributed by atoms with E-state index in [4.69, 9.17) is 5.73 Å². The van der Waals surface area contributed by atoms with Crippen molar-refractivity contribution >= 4 is 53.2 Å². The van der Waals surface area contributed by atoms with Crippen LogP contribution in [-0.2, 0) is 56.0 Å². The lowest BCUT2D eigenvalue weighted by Crippen LogP contribution is -2.61. The number of nitrogens with zero attached hydrogens (tertiary/aromatic N) is 3. The van der Waals surface area contributed by atoms with Crippen molar-refractivity contribution < 1.29 is 58.5 Å². The van der Waals surface area contributed by atoms with Gasteiger partial charge in [-0.3, -0.25) is 38.4 Å². The maximum atomic E-state index is 14.3. The molecule has 0 saturated carbocycles. The standard InChI is InChI=1S/C45H61N9O12/c1-26(2)38(51-40(60)32(25-55)50-39(59)30(48-36(57)23-46)21-28-14-16-29(56)17-15-28)44(64)54-20-8-13-35(54)43(63)53-19-7-12-34(53)42(62)52-18-6-11-33(52)41(61)47-24-37(58)49-31(45(65)66)22-27-9-4-3-5-10-27/h3-5,9-10,14-17,26,30-35,38,55-56H,6-8,11-13,18-25,46H2,1-2H3,(H,47,61)(H,48,57)(H,49,58)(H,50,59)(H,51,60)(H,65,66)/t30-,31-,32-,33-,34-,35-,38-/m0/s1. The van der Waals surface area contributed by atoms with Crippen LogP contribution in [0.25, 0.3) is 0 Å². The van der Waals surface area contributed by atoms with Crippen LogP contribution < -0.4 is 32.3 Å². The summed E-state index contributed by atoms with van der Waals surface area (Å²) in [5.41, 5.74) is 6.72. The molecule has 0 bridgehead atoms. The van der Waals surface area contributed by atoms with Crippen LogP contribution in [0.3, 0.4) is 0 Å². The fourth-order valence-electron chi connectivity index (χ4n) is 8.58. The van der Waals surface area contributed by atoms with Gasteiger partial charge in [0.2, 0.25) is 47.3 Å². The highest BCUT2D eigenvalue weighted by Crippen LogP contribution is 2.29. The summed E-state index contributed by atoms with van der Waals surface area (Å²) in [6.07, 6.45) is 2.36. The van der Waals surface area contributed by atoms with Crippen molar-refractivity contribution in [1.82, 2.24) is 41.3 Å². The van der Waals surface area contributed by atoms with E-state index in [9.17, 15) is 58.5 Å². The molecular weight excluding hydrogens is 859 g/mol. The quantitative estimate of drug-likeness (QED) is 0.0689. The van der Waals surface area contributed by atoms with Crippen molar-refractivity contribution in [3.05, 3.63) is 65.7 Å². The molecule has 0 unspecified atom stereocenters. The van der Waals surface area contributed by atoms with E-state index in [0.29, 0.717) is 43.2 Å². The molecular formula is C45H61N9O12. The molecule has 0 aliphatic carbocycles. The first-order valence-corrected chi connectivity index (χ1v) is 22.3. The zero-order valence-corrected chi connectivity index (χ0v) is 37.1. The van der Waals surface area contributed by atoms with E-state index >= 15 is 0 Å². The van der Waals surface area contributed by atoms with Gasteiger partial charge in [-0.25, -0.2) is 4.79 Å². The van der Waals surface area contributed by atoms with Gasteiger partial charge >= 0.3 is 5.97 Å². The Morgan fingerprint density at radius 2 is 1.17 bits per heavy atom. The molecule has 5 rings (SSSR count). The summed E-state index contributed by atoms with van der Waals surface area (Å²) >= 11 is 0. The molecule has 358 valence electrons. The van der Waals surface area contributed by atoms with E-state index in [-0.39, 0.29) is 44.6 Å². The van der Waals surface area contributed by atoms with Crippen molar-refractivity contribution in [2.45, 2.75) is 108 Å². The number of amides is 8. The van der Waals surface area contributed by atoms with E-state index in [1.54, 1.807) is 56.3 Å². The molecule has 2 aromatic carbocycles. The molecule has 2 aromatic rings. The van der Waals surface area contributed by atoms with Gasteiger partial charge in [-0.2, -0.15) is 0 Å². The van der Waals surface area contributed by atoms with Crippen molar-refractivity contribution in [3.63, 3.8) is 0 Å². The Labute approximate surface area is 382 Å². The van der Waals surface area contributed by atoms with Gasteiger partial charge in [-0.15, -0.1) is 0 Å². The molecule has 3 aliphatic heterocycles. The van der Waals surface area contributed by atoms with Gasteiger partial charge in [0.05, 0.1) is 19.7 Å². The number of carboxylic acid groups (broad SMARTS) is 1. The van der Waals surface area contributed by atoms with E-state index < -0.39 is 121 Å². The van der Waals surface area contributed by atoms with Crippen LogP contribution in [0.2, 0.25) is 0 Å². The number of likely N-dealkylation sites (tertiary alicyclic amines) is 3. The predicted octanol–water partition coefficient (Wildman–Crippen LogP) is -2.10. The van der Waals surface area contributed by atoms with Gasteiger partial charge < -0.3 is 62.3 Å². The van der Waals surface area contributed by atoms with Gasteiger partial charge in [0, 0.05) is 32.5 Å². The largest absolute Gasteiger partial charge is 0.508 e. The SMILES string of the molecule is CC(C)[C@H](NC(=O)[C@H](CO)NC(=O)[C@H](Cc1ccc(O)cc1)NC(=O)CN)C(=O)N1CCC[C@H]1C(=O)N1CCC[C@H]1C(=O)N1CCC[C@H]1C(=O)NCC(=O)N[C@@H](Cc1ccccc1)C(=O)O. The third-order valence-corrected chi connectivity index (χ3v) is 12.1. The van der Waals surface area contributed by atoms with E-state index in [1.807, 2.05) is 0 Å². The van der Waals surface area contributed by atoms with Crippen molar-refractivity contribution in [3.8, 4) is 5.75 Å². The zero-order valence-electron chi connectivity index (χ0n) is 37.1. The predicted molar refractivity (Wildman–Crippen MR) is 236 cm³/mol. The number of benzene rings is 2. The molecule has 3 heterocycles. The second kappa shape index (κ2) is 23.5. The molecule has 21 nitrogen and oxygen atoms in total. The first-order valence-electron chi connectivity index (χ1n) is 22.3. The average Bonchev–Trinajstić information content (AvgIpc) is 4.11. The number of nitrogens with one attached hydrogen (secondary N) is 5. The zero-order chi connectivity index (χ0) is 48.1. The Morgan fingerprint density at radius 3 is 1.74 bits per heavy atom. The summed E-state index contributed by atoms with van der Waals surface area (Å²) in [5.74, 6) is -6.90. The minimum atomic E-state index is -1.54. The summed E-state index contributed by atoms with van der Waals surface area (Å²) in [7, 11) is 0. The maximum Gasteiger partial charge on any atom is 0.326 e. The molecule has 0 spiro atoms. The van der Waals surface area contributed by atoms with E-state index in [2.05, 4.69) is 26.6 Å². The number of rotatable bonds is 20. The van der Waals surface area contributed by atoms with E-state index in [1.165, 1.54) is 26.8 Å². The number of hydrogen-bond acceptors (Lipinski definition) is 12. The van der Waals surface area contributed by atoms with Gasteiger partial charge in [-0.05, 0) is 67.7 Å². The Hall–Kier alpha value is -6.61. The Balaban J connectivity index is 1.19. The smallest absolute Gasteiger partial charge is 0.326 e. The van der Waals surface area contributed by atoms with Gasteiger partial charge in [-0.1, -0.05) is 56.3 Å². The summed E-state index contributed by atoms with van der Waals surface area (Å²) in [6.45, 7) is 2.21. The first kappa shape index (κ1) is 50.4. The number of aliphatic hydroxyl groups excluding tert-OH is 1. The van der Waals surface area contributed by atoms with Crippen LogP contribution in [0, 0.1) is 5.92 Å². The molecule has 21 heteroatoms. The van der Waals surface area contributed by atoms with Crippen LogP contribution >= 0.6 is 0 Å². The molecule has 7 atom stereocenters. The molecule has 3 fully saturated rings. The second-order valence-electron chi connectivity index (χ2n) is 17.1. The molecule has 0 aromatic heterocycles. The number of carbonyl (C=O) groups is 9. The van der Waals surface area contributed by atoms with Crippen molar-refractivity contribution in [2.75, 3.05) is 39.3 Å². The van der Waals surface area contributed by atoms with Crippen LogP contribution in [0.5, 0.6) is 5.75 Å². The fraction of sp³-hybridized carbons (Fsp3) is 0.533. The minimum Gasteiger partial charge on any atom is -0.508 e. The number of phenols is 1. The highest BCUT2D eigenvalue weighted by Gasteiger charge is 2.47. The van der Waals surface area contributed by atoms with Crippen molar-refractivity contribution in [1.29, 1.82) is 0 Å². The monoisotopic (exact) mass is 919 g/mol. The summed E-state index contributed by atoms with van der Waals surface area (Å²) in [4.78, 5) is 124. The highest BCUT2D eigenvalue weighted by atomic mass is 16.4. The number of phenolic OH excluding ortho intramolecular Hbond substituents is 1. The number of aliphatic carboxylic acids is 1. The average molecular weight is 920 g/mol. The first-order chi connectivity index (χ1) is 31.5. The van der Waals surface area contributed by atoms with Crippen LogP contribution in [0.1, 0.15) is 63.5 Å². The molecule has 10 N–H and O–H groups in total. The minimum absolute atomic E-state index is 0.0100. The Kier molecular flexibility index (Phi) is 18.0. The number of aliphatic hydroxyl groups is 1. The number of carbonyl (C=O) groups excluding carboxylic acids is 8. The van der Waals surface area contributed by atoms with Crippen LogP contribution in [0.15, 0.2) is 54.6 Å². The maximum absolute atomic E-state index is 14.3. The van der Waals surface area contributed by atoms with Crippen LogP contribution in [0.4, 0.5) is 0 Å². The lowest BCUT2D eigenvalue weighted by atomic mass is 10.0. The Morgan fingerprint density at radius 1 is 0.652 bits per heavy atom. The van der Waals surface area contributed by atoms with E-state index in [0.717, 1.165) is 0 Å². The van der Waals surface area contributed by atoms with Gasteiger partial charge in [0.15, 0.2) is 0 Å². The highest BCUT2D eigenvalue weighted by molar-refractivity contribution is 5.98. The number of hydrogen-bond donors (Lipinski definition) is 9. The third kappa shape index (κ3) is 13.0. The van der Waals surface area contributed by atoms with Gasteiger partial charge in [0.1, 0.15) is 48.0 Å². The summed E-state index contributed by atoms with van der Waals surface area (Å²) in [6, 6.07) is 6.67. The van der Waals surface area contributed by atoms with Crippen LogP contribution in [-0.4, -0.2) is 165 Å². The van der Waals surface area contributed by atoms with Gasteiger partial charge in [0.25, 0.3) is 0 Å². The summed E-state index contributed by atoms with van der Waals surface area (Å²) < 4.78 is 0. The lowest BCUT2D eigenvalue weighted by molar-refractivity contribution is -0.151. The second-order valence-corrected chi connectivity index (χ2v) is 17.1. The fourth-order valence-corrected chi connectivity index (χ4v) is 8.58. The summed E-state index contributed by atoms with van der Waals surface area (Å²) in [5, 5.41) is 42.0. The normalized spacial score (nSPS) is 19.9. The van der Waals surface area contributed by atoms with Crippen molar-refractivity contribution in [2.24, 2.45) is 11.7 Å². The lowest BCUT2D eigenvalue weighted by Gasteiger charge is -2.35. The number of aromatic hydroxyl groups is 1. The molecule has 66 heavy (non-hydrogen) atoms. The molecule has 8 amide bonds. The topological polar surface area (TPSA) is 310 Å². The molecule has 0 radical (unpaired) electrons.